The topological polar surface area (TPSA) is 81.6 Å². The van der Waals surface area contributed by atoms with Crippen molar-refractivity contribution in [3.05, 3.63) is 23.8 Å². The third-order valence-corrected chi connectivity index (χ3v) is 4.58. The first-order valence-corrected chi connectivity index (χ1v) is 7.48. The number of anilines is 1. The number of hydrogen-bond acceptors (Lipinski definition) is 4. The fourth-order valence-corrected chi connectivity index (χ4v) is 3.24. The lowest BCUT2D eigenvalue weighted by Gasteiger charge is -2.30. The van der Waals surface area contributed by atoms with Crippen LogP contribution in [-0.4, -0.2) is 37.0 Å². The van der Waals surface area contributed by atoms with E-state index in [1.54, 1.807) is 12.1 Å². The molecule has 21 heavy (non-hydrogen) atoms. The molecule has 2 fully saturated rings. The number of primary amides is 1. The predicted octanol–water partition coefficient (Wildman–Crippen LogP) is 2.01. The molecule has 2 atom stereocenters. The third kappa shape index (κ3) is 3.67. The van der Waals surface area contributed by atoms with E-state index in [9.17, 15) is 4.79 Å². The van der Waals surface area contributed by atoms with E-state index in [0.717, 1.165) is 12.1 Å². The van der Waals surface area contributed by atoms with Crippen molar-refractivity contribution >= 4 is 11.6 Å². The lowest BCUT2D eigenvalue weighted by Crippen LogP contribution is -2.35. The van der Waals surface area contributed by atoms with Crippen molar-refractivity contribution in [2.45, 2.75) is 44.2 Å². The van der Waals surface area contributed by atoms with Crippen molar-refractivity contribution in [3.8, 4) is 5.75 Å². The first kappa shape index (κ1) is 15.6. The Kier molecular flexibility index (Phi) is 5.07. The zero-order chi connectivity index (χ0) is 15.4. The number of rotatable bonds is 2. The molecule has 116 valence electrons. The largest absolute Gasteiger partial charge is 0.495 e. The van der Waals surface area contributed by atoms with Gasteiger partial charge in [-0.15, -0.1) is 0 Å². The molecular formula is C16H25N3O2. The number of amides is 1. The quantitative estimate of drug-likeness (QED) is 0.817. The van der Waals surface area contributed by atoms with Crippen LogP contribution in [0.1, 0.15) is 42.5 Å². The van der Waals surface area contributed by atoms with Gasteiger partial charge in [0.1, 0.15) is 5.75 Å². The normalized spacial score (nSPS) is 24.1. The van der Waals surface area contributed by atoms with Crippen molar-refractivity contribution in [2.75, 3.05) is 19.9 Å². The van der Waals surface area contributed by atoms with Crippen LogP contribution in [0.25, 0.3) is 0 Å². The molecule has 1 aromatic rings. The highest BCUT2D eigenvalue weighted by Gasteiger charge is 2.33. The summed E-state index contributed by atoms with van der Waals surface area (Å²) in [6.45, 7) is 0. The summed E-state index contributed by atoms with van der Waals surface area (Å²) < 4.78 is 4.90. The van der Waals surface area contributed by atoms with Crippen LogP contribution in [0.15, 0.2) is 18.2 Å². The number of benzene rings is 1. The molecule has 0 aliphatic carbocycles. The summed E-state index contributed by atoms with van der Waals surface area (Å²) >= 11 is 0. The summed E-state index contributed by atoms with van der Waals surface area (Å²) in [6, 6.07) is 6.57. The Hall–Kier alpha value is -1.75. The van der Waals surface area contributed by atoms with Crippen LogP contribution >= 0.6 is 0 Å². The smallest absolute Gasteiger partial charge is 0.248 e. The van der Waals surface area contributed by atoms with Gasteiger partial charge in [0.25, 0.3) is 0 Å². The highest BCUT2D eigenvalue weighted by molar-refractivity contribution is 5.93. The lowest BCUT2D eigenvalue weighted by molar-refractivity contribution is 0.1000. The SMILES string of the molecule is CN1C2CCCC1CC2.COc1cc(C(N)=O)ccc1N. The Balaban J connectivity index is 0.000000159. The van der Waals surface area contributed by atoms with Gasteiger partial charge in [-0.2, -0.15) is 0 Å². The standard InChI is InChI=1S/C8H10N2O2.C8H15N/c1-12-7-4-5(8(10)11)2-3-6(7)9;1-9-7-3-2-4-8(9)6-5-7/h2-4H,9H2,1H3,(H2,10,11);7-8H,2-6H2,1H3. The zero-order valence-corrected chi connectivity index (χ0v) is 12.8. The Bertz CT molecular complexity index is 488. The first-order chi connectivity index (χ1) is 10.0. The first-order valence-electron chi connectivity index (χ1n) is 7.48. The maximum absolute atomic E-state index is 10.7. The van der Waals surface area contributed by atoms with Crippen molar-refractivity contribution in [1.82, 2.24) is 4.90 Å². The van der Waals surface area contributed by atoms with E-state index >= 15 is 0 Å². The Morgan fingerprint density at radius 1 is 1.24 bits per heavy atom. The molecular weight excluding hydrogens is 266 g/mol. The molecule has 2 saturated heterocycles. The van der Waals surface area contributed by atoms with Gasteiger partial charge in [-0.1, -0.05) is 6.42 Å². The zero-order valence-electron chi connectivity index (χ0n) is 12.8. The molecule has 3 rings (SSSR count). The molecule has 0 aromatic heterocycles. The van der Waals surface area contributed by atoms with E-state index in [2.05, 4.69) is 11.9 Å². The second-order valence-electron chi connectivity index (χ2n) is 5.80. The van der Waals surface area contributed by atoms with E-state index in [0.29, 0.717) is 17.0 Å². The molecule has 2 heterocycles. The van der Waals surface area contributed by atoms with Crippen LogP contribution in [0.5, 0.6) is 5.75 Å². The molecule has 5 heteroatoms. The summed E-state index contributed by atoms with van der Waals surface area (Å²) in [6.07, 6.45) is 7.36. The van der Waals surface area contributed by atoms with Crippen LogP contribution in [0.4, 0.5) is 5.69 Å². The minimum atomic E-state index is -0.492. The fourth-order valence-electron chi connectivity index (χ4n) is 3.24. The third-order valence-electron chi connectivity index (χ3n) is 4.58. The summed E-state index contributed by atoms with van der Waals surface area (Å²) in [4.78, 5) is 13.3. The fraction of sp³-hybridized carbons (Fsp3) is 0.562. The van der Waals surface area contributed by atoms with Gasteiger partial charge in [0.2, 0.25) is 5.91 Å². The van der Waals surface area contributed by atoms with Gasteiger partial charge in [0, 0.05) is 17.6 Å². The monoisotopic (exact) mass is 291 g/mol. The number of ether oxygens (including phenoxy) is 1. The molecule has 2 unspecified atom stereocenters. The Labute approximate surface area is 126 Å². The summed E-state index contributed by atoms with van der Waals surface area (Å²) in [7, 11) is 3.78. The molecule has 1 amide bonds. The van der Waals surface area contributed by atoms with Crippen molar-refractivity contribution in [1.29, 1.82) is 0 Å². The molecule has 0 saturated carbocycles. The minimum absolute atomic E-state index is 0.390. The summed E-state index contributed by atoms with van der Waals surface area (Å²) in [5.74, 6) is -0.0281. The molecule has 2 bridgehead atoms. The van der Waals surface area contributed by atoms with E-state index in [1.165, 1.54) is 45.3 Å². The van der Waals surface area contributed by atoms with E-state index in [4.69, 9.17) is 16.2 Å². The number of nitrogens with zero attached hydrogens (tertiary/aromatic N) is 1. The summed E-state index contributed by atoms with van der Waals surface area (Å²) in [5.41, 5.74) is 11.5. The second kappa shape index (κ2) is 6.80. The Morgan fingerprint density at radius 2 is 1.86 bits per heavy atom. The number of methoxy groups -OCH3 is 1. The van der Waals surface area contributed by atoms with Crippen LogP contribution < -0.4 is 16.2 Å². The highest BCUT2D eigenvalue weighted by atomic mass is 16.5. The second-order valence-corrected chi connectivity index (χ2v) is 5.80. The van der Waals surface area contributed by atoms with Crippen molar-refractivity contribution < 1.29 is 9.53 Å². The lowest BCUT2D eigenvalue weighted by atomic mass is 10.0. The molecule has 4 N–H and O–H groups in total. The van der Waals surface area contributed by atoms with Gasteiger partial charge in [0.05, 0.1) is 12.8 Å². The number of piperidine rings is 1. The van der Waals surface area contributed by atoms with Crippen LogP contribution in [0.3, 0.4) is 0 Å². The van der Waals surface area contributed by atoms with Gasteiger partial charge >= 0.3 is 0 Å². The minimum Gasteiger partial charge on any atom is -0.495 e. The number of nitrogen functional groups attached to an aromatic ring is 1. The molecule has 5 nitrogen and oxygen atoms in total. The molecule has 0 spiro atoms. The summed E-state index contributed by atoms with van der Waals surface area (Å²) in [5, 5.41) is 0. The number of nitrogens with two attached hydrogens (primary N) is 2. The Morgan fingerprint density at radius 3 is 2.33 bits per heavy atom. The van der Waals surface area contributed by atoms with Crippen molar-refractivity contribution in [2.24, 2.45) is 5.73 Å². The molecule has 0 radical (unpaired) electrons. The van der Waals surface area contributed by atoms with Gasteiger partial charge in [-0.05, 0) is 50.9 Å². The molecule has 2 aliphatic rings. The van der Waals surface area contributed by atoms with Gasteiger partial charge < -0.3 is 21.1 Å². The maximum atomic E-state index is 10.7. The van der Waals surface area contributed by atoms with Gasteiger partial charge in [-0.3, -0.25) is 4.79 Å². The van der Waals surface area contributed by atoms with Gasteiger partial charge in [0.15, 0.2) is 0 Å². The number of fused-ring (bicyclic) bond motifs is 2. The number of carbonyl (C=O) groups is 1. The van der Waals surface area contributed by atoms with Crippen LogP contribution in [0, 0.1) is 0 Å². The average molecular weight is 291 g/mol. The predicted molar refractivity (Wildman–Crippen MR) is 84.3 cm³/mol. The molecule has 1 aromatic carbocycles. The maximum Gasteiger partial charge on any atom is 0.248 e. The van der Waals surface area contributed by atoms with E-state index in [1.807, 2.05) is 0 Å². The highest BCUT2D eigenvalue weighted by Crippen LogP contribution is 2.33. The van der Waals surface area contributed by atoms with Crippen LogP contribution in [0.2, 0.25) is 0 Å². The van der Waals surface area contributed by atoms with E-state index < -0.39 is 5.91 Å². The number of carbonyl (C=O) groups excluding carboxylic acids is 1. The van der Waals surface area contributed by atoms with Crippen molar-refractivity contribution in [3.63, 3.8) is 0 Å². The van der Waals surface area contributed by atoms with E-state index in [-0.39, 0.29) is 0 Å². The average Bonchev–Trinajstić information content (AvgIpc) is 2.69. The number of hydrogen-bond donors (Lipinski definition) is 2. The van der Waals surface area contributed by atoms with Crippen LogP contribution in [-0.2, 0) is 0 Å². The molecule has 2 aliphatic heterocycles. The van der Waals surface area contributed by atoms with Gasteiger partial charge in [-0.25, -0.2) is 0 Å².